The Kier molecular flexibility index (Phi) is 2.97. The lowest BCUT2D eigenvalue weighted by atomic mass is 10.0. The summed E-state index contributed by atoms with van der Waals surface area (Å²) in [5.41, 5.74) is 2.17. The molecule has 0 bridgehead atoms. The zero-order chi connectivity index (χ0) is 15.3. The molecular formula is C17H16O4. The van der Waals surface area contributed by atoms with Gasteiger partial charge in [-0.1, -0.05) is 6.58 Å². The normalized spacial score (nSPS) is 16.6. The quantitative estimate of drug-likeness (QED) is 0.628. The third-order valence-corrected chi connectivity index (χ3v) is 3.86. The van der Waals surface area contributed by atoms with Gasteiger partial charge in [-0.25, -0.2) is 0 Å². The molecule has 1 atom stereocenters. The molecule has 2 heterocycles. The second kappa shape index (κ2) is 4.58. The third-order valence-electron chi connectivity index (χ3n) is 3.86. The van der Waals surface area contributed by atoms with E-state index in [-0.39, 0.29) is 22.9 Å². The summed E-state index contributed by atoms with van der Waals surface area (Å²) in [5.74, 6) is 0.792. The van der Waals surface area contributed by atoms with Crippen LogP contribution in [0.15, 0.2) is 33.5 Å². The molecular weight excluding hydrogens is 268 g/mol. The van der Waals surface area contributed by atoms with Crippen molar-refractivity contribution >= 4 is 16.8 Å². The Hall–Kier alpha value is -2.36. The molecule has 1 aliphatic heterocycles. The minimum atomic E-state index is -0.278. The maximum absolute atomic E-state index is 12.5. The number of aryl methyl sites for hydroxylation is 1. The van der Waals surface area contributed by atoms with Gasteiger partial charge >= 0.3 is 0 Å². The topological polar surface area (TPSA) is 56.5 Å². The molecule has 0 N–H and O–H groups in total. The van der Waals surface area contributed by atoms with Crippen LogP contribution in [0.5, 0.6) is 5.75 Å². The van der Waals surface area contributed by atoms with Gasteiger partial charge in [-0.3, -0.25) is 9.59 Å². The van der Waals surface area contributed by atoms with E-state index in [1.54, 1.807) is 19.1 Å². The van der Waals surface area contributed by atoms with Gasteiger partial charge in [0.15, 0.2) is 5.78 Å². The smallest absolute Gasteiger partial charge is 0.203 e. The number of carbonyl (C=O) groups excluding carboxylic acids is 1. The number of hydrogen-bond donors (Lipinski definition) is 0. The number of carbonyl (C=O) groups is 1. The molecule has 0 amide bonds. The van der Waals surface area contributed by atoms with Gasteiger partial charge in [-0.05, 0) is 38.5 Å². The van der Waals surface area contributed by atoms with E-state index in [2.05, 4.69) is 6.58 Å². The monoisotopic (exact) mass is 284 g/mol. The predicted molar refractivity (Wildman–Crippen MR) is 80.2 cm³/mol. The van der Waals surface area contributed by atoms with Gasteiger partial charge in [0.2, 0.25) is 5.43 Å². The highest BCUT2D eigenvalue weighted by atomic mass is 16.5. The van der Waals surface area contributed by atoms with Crippen LogP contribution in [0.4, 0.5) is 0 Å². The molecule has 0 saturated heterocycles. The molecule has 3 rings (SSSR count). The van der Waals surface area contributed by atoms with Crippen molar-refractivity contribution in [2.45, 2.75) is 33.3 Å². The molecule has 108 valence electrons. The number of hydrogen-bond acceptors (Lipinski definition) is 4. The number of ether oxygens (including phenoxy) is 1. The molecule has 0 radical (unpaired) electrons. The van der Waals surface area contributed by atoms with E-state index in [9.17, 15) is 9.59 Å². The highest BCUT2D eigenvalue weighted by molar-refractivity contribution is 5.98. The van der Waals surface area contributed by atoms with Gasteiger partial charge in [0.1, 0.15) is 28.8 Å². The summed E-state index contributed by atoms with van der Waals surface area (Å²) in [5, 5.41) is 0.426. The SMILES string of the molecule is C=C(C)C1Cc2c(ccc3c(=O)c(C(C)=O)c(C)oc23)O1. The molecule has 0 saturated carbocycles. The summed E-state index contributed by atoms with van der Waals surface area (Å²) in [6.07, 6.45) is 0.535. The Labute approximate surface area is 122 Å². The maximum Gasteiger partial charge on any atom is 0.203 e. The summed E-state index contributed by atoms with van der Waals surface area (Å²) < 4.78 is 11.6. The van der Waals surface area contributed by atoms with E-state index in [0.29, 0.717) is 28.9 Å². The molecule has 1 unspecified atom stereocenters. The highest BCUT2D eigenvalue weighted by Gasteiger charge is 2.28. The average Bonchev–Trinajstić information content (AvgIpc) is 2.82. The fraction of sp³-hybridized carbons (Fsp3) is 0.294. The van der Waals surface area contributed by atoms with Crippen molar-refractivity contribution in [3.63, 3.8) is 0 Å². The van der Waals surface area contributed by atoms with Crippen LogP contribution in [0.25, 0.3) is 11.0 Å². The van der Waals surface area contributed by atoms with E-state index in [1.165, 1.54) is 6.92 Å². The van der Waals surface area contributed by atoms with Gasteiger partial charge in [-0.15, -0.1) is 0 Å². The molecule has 1 aliphatic rings. The van der Waals surface area contributed by atoms with Crippen molar-refractivity contribution in [2.24, 2.45) is 0 Å². The van der Waals surface area contributed by atoms with Crippen LogP contribution in [0, 0.1) is 6.92 Å². The van der Waals surface area contributed by atoms with Crippen LogP contribution >= 0.6 is 0 Å². The summed E-state index contributed by atoms with van der Waals surface area (Å²) in [4.78, 5) is 24.1. The van der Waals surface area contributed by atoms with Crippen molar-refractivity contribution < 1.29 is 13.9 Å². The lowest BCUT2D eigenvalue weighted by Crippen LogP contribution is -2.15. The average molecular weight is 284 g/mol. The number of ketones is 1. The van der Waals surface area contributed by atoms with Crippen molar-refractivity contribution in [3.05, 3.63) is 51.4 Å². The van der Waals surface area contributed by atoms with Crippen molar-refractivity contribution in [3.8, 4) is 5.75 Å². The first kappa shape index (κ1) is 13.6. The van der Waals surface area contributed by atoms with Crippen LogP contribution in [0.3, 0.4) is 0 Å². The van der Waals surface area contributed by atoms with Crippen LogP contribution < -0.4 is 10.2 Å². The van der Waals surface area contributed by atoms with Crippen LogP contribution in [-0.4, -0.2) is 11.9 Å². The van der Waals surface area contributed by atoms with E-state index in [4.69, 9.17) is 9.15 Å². The lowest BCUT2D eigenvalue weighted by molar-refractivity contribution is 0.101. The number of benzene rings is 1. The largest absolute Gasteiger partial charge is 0.485 e. The minimum Gasteiger partial charge on any atom is -0.485 e. The highest BCUT2D eigenvalue weighted by Crippen LogP contribution is 2.36. The van der Waals surface area contributed by atoms with Gasteiger partial charge in [-0.2, -0.15) is 0 Å². The van der Waals surface area contributed by atoms with Crippen LogP contribution in [0.2, 0.25) is 0 Å². The fourth-order valence-corrected chi connectivity index (χ4v) is 2.77. The lowest BCUT2D eigenvalue weighted by Gasteiger charge is -2.08. The van der Waals surface area contributed by atoms with Crippen LogP contribution in [0.1, 0.15) is 35.5 Å². The van der Waals surface area contributed by atoms with E-state index >= 15 is 0 Å². The fourth-order valence-electron chi connectivity index (χ4n) is 2.77. The standard InChI is InChI=1S/C17H16O4/c1-8(2)14-7-12-13(21-14)6-5-11-16(19)15(9(3)18)10(4)20-17(11)12/h5-6,14H,1,7H2,2-4H3. The Bertz CT molecular complexity index is 842. The summed E-state index contributed by atoms with van der Waals surface area (Å²) in [6, 6.07) is 3.42. The maximum atomic E-state index is 12.5. The van der Waals surface area contributed by atoms with Crippen molar-refractivity contribution in [1.29, 1.82) is 0 Å². The van der Waals surface area contributed by atoms with E-state index in [1.807, 2.05) is 6.92 Å². The second-order valence-corrected chi connectivity index (χ2v) is 5.49. The second-order valence-electron chi connectivity index (χ2n) is 5.49. The molecule has 0 spiro atoms. The molecule has 0 fully saturated rings. The van der Waals surface area contributed by atoms with E-state index < -0.39 is 0 Å². The first-order valence-corrected chi connectivity index (χ1v) is 6.82. The molecule has 4 heteroatoms. The molecule has 4 nitrogen and oxygen atoms in total. The van der Waals surface area contributed by atoms with Gasteiger partial charge < -0.3 is 9.15 Å². The van der Waals surface area contributed by atoms with Gasteiger partial charge in [0.05, 0.1) is 5.39 Å². The minimum absolute atomic E-state index is 0.0938. The zero-order valence-electron chi connectivity index (χ0n) is 12.3. The molecule has 0 aliphatic carbocycles. The predicted octanol–water partition coefficient (Wildman–Crippen LogP) is 3.18. The first-order valence-electron chi connectivity index (χ1n) is 6.82. The third kappa shape index (κ3) is 1.98. The molecule has 21 heavy (non-hydrogen) atoms. The van der Waals surface area contributed by atoms with E-state index in [0.717, 1.165) is 11.1 Å². The van der Waals surface area contributed by atoms with Crippen LogP contribution in [-0.2, 0) is 6.42 Å². The first-order chi connectivity index (χ1) is 9.90. The Morgan fingerprint density at radius 2 is 2.05 bits per heavy atom. The number of fused-ring (bicyclic) bond motifs is 3. The van der Waals surface area contributed by atoms with Crippen molar-refractivity contribution in [2.75, 3.05) is 0 Å². The number of rotatable bonds is 2. The Morgan fingerprint density at radius 1 is 1.33 bits per heavy atom. The summed E-state index contributed by atoms with van der Waals surface area (Å²) in [6.45, 7) is 8.84. The molecule has 1 aromatic heterocycles. The molecule has 1 aromatic carbocycles. The Morgan fingerprint density at radius 3 is 2.67 bits per heavy atom. The van der Waals surface area contributed by atoms with Gasteiger partial charge in [0, 0.05) is 12.0 Å². The molecule has 2 aromatic rings. The summed E-state index contributed by atoms with van der Waals surface area (Å²) >= 11 is 0. The van der Waals surface area contributed by atoms with Crippen molar-refractivity contribution in [1.82, 2.24) is 0 Å². The zero-order valence-corrected chi connectivity index (χ0v) is 12.3. The van der Waals surface area contributed by atoms with Gasteiger partial charge in [0.25, 0.3) is 0 Å². The number of Topliss-reactive ketones (excluding diaryl/α,β-unsaturated/α-hetero) is 1. The summed E-state index contributed by atoms with van der Waals surface area (Å²) in [7, 11) is 0. The Balaban J connectivity index is 2.30.